The molecule has 17 heavy (non-hydrogen) atoms. The molecule has 2 heteroatoms. The second kappa shape index (κ2) is 5.57. The van der Waals surface area contributed by atoms with Crippen LogP contribution >= 0.6 is 23.2 Å². The van der Waals surface area contributed by atoms with Crippen molar-refractivity contribution in [1.29, 1.82) is 0 Å². The van der Waals surface area contributed by atoms with E-state index in [-0.39, 0.29) is 0 Å². The van der Waals surface area contributed by atoms with E-state index in [1.807, 2.05) is 6.07 Å². The van der Waals surface area contributed by atoms with Gasteiger partial charge in [0.25, 0.3) is 0 Å². The maximum atomic E-state index is 5.98. The fourth-order valence-corrected chi connectivity index (χ4v) is 2.30. The molecule has 0 N–H and O–H groups in total. The van der Waals surface area contributed by atoms with E-state index in [1.165, 1.54) is 16.7 Å². The van der Waals surface area contributed by atoms with E-state index in [1.54, 1.807) is 0 Å². The molecule has 0 fully saturated rings. The van der Waals surface area contributed by atoms with E-state index in [2.05, 4.69) is 43.3 Å². The van der Waals surface area contributed by atoms with Crippen LogP contribution in [0.3, 0.4) is 0 Å². The molecule has 0 unspecified atom stereocenters. The third-order valence-corrected chi connectivity index (χ3v) is 3.40. The predicted octanol–water partition coefficient (Wildman–Crippen LogP) is 5.14. The normalized spacial score (nSPS) is 10.5. The summed E-state index contributed by atoms with van der Waals surface area (Å²) < 4.78 is 0. The second-order valence-corrected chi connectivity index (χ2v) is 4.66. The van der Waals surface area contributed by atoms with Gasteiger partial charge in [0.2, 0.25) is 0 Å². The minimum atomic E-state index is 0.520. The summed E-state index contributed by atoms with van der Waals surface area (Å²) in [5.74, 6) is 1.05. The maximum absolute atomic E-state index is 5.98. The zero-order valence-corrected chi connectivity index (χ0v) is 11.2. The van der Waals surface area contributed by atoms with Gasteiger partial charge in [-0.25, -0.2) is 0 Å². The van der Waals surface area contributed by atoms with Crippen LogP contribution in [-0.4, -0.2) is 0 Å². The van der Waals surface area contributed by atoms with Crippen molar-refractivity contribution >= 4 is 23.2 Å². The molecule has 2 rings (SSSR count). The van der Waals surface area contributed by atoms with Crippen molar-refractivity contribution in [1.82, 2.24) is 0 Å². The molecule has 88 valence electrons. The Morgan fingerprint density at radius 2 is 1.76 bits per heavy atom. The Hall–Kier alpha value is -0.980. The van der Waals surface area contributed by atoms with Crippen molar-refractivity contribution in [2.24, 2.45) is 0 Å². The van der Waals surface area contributed by atoms with Crippen molar-refractivity contribution in [2.45, 2.75) is 18.7 Å². The number of hydrogen-bond acceptors (Lipinski definition) is 0. The first kappa shape index (κ1) is 12.5. The van der Waals surface area contributed by atoms with Gasteiger partial charge in [-0.2, -0.15) is 0 Å². The number of aryl methyl sites for hydroxylation is 1. The Morgan fingerprint density at radius 3 is 2.41 bits per heavy atom. The van der Waals surface area contributed by atoms with Crippen molar-refractivity contribution in [3.8, 4) is 11.1 Å². The molecular formula is C15H14Cl2. The van der Waals surface area contributed by atoms with Gasteiger partial charge >= 0.3 is 0 Å². The fraction of sp³-hybridized carbons (Fsp3) is 0.200. The molecule has 0 saturated heterocycles. The van der Waals surface area contributed by atoms with Crippen molar-refractivity contribution in [3.05, 3.63) is 59.2 Å². The lowest BCUT2D eigenvalue weighted by Crippen LogP contribution is -1.89. The molecule has 2 aromatic carbocycles. The van der Waals surface area contributed by atoms with Gasteiger partial charge in [-0.15, -0.1) is 23.2 Å². The summed E-state index contributed by atoms with van der Waals surface area (Å²) in [6.45, 7) is 2.09. The summed E-state index contributed by atoms with van der Waals surface area (Å²) in [6, 6.07) is 14.6. The Bertz CT molecular complexity index is 518. The summed E-state index contributed by atoms with van der Waals surface area (Å²) in [5.41, 5.74) is 5.90. The highest BCUT2D eigenvalue weighted by molar-refractivity contribution is 6.18. The molecule has 0 heterocycles. The number of halogens is 2. The highest BCUT2D eigenvalue weighted by Gasteiger charge is 2.05. The van der Waals surface area contributed by atoms with E-state index in [9.17, 15) is 0 Å². The van der Waals surface area contributed by atoms with Crippen LogP contribution in [0.15, 0.2) is 42.5 Å². The third-order valence-electron chi connectivity index (χ3n) is 2.80. The van der Waals surface area contributed by atoms with Crippen LogP contribution in [0.1, 0.15) is 16.7 Å². The molecule has 0 atom stereocenters. The van der Waals surface area contributed by atoms with Gasteiger partial charge in [-0.3, -0.25) is 0 Å². The Labute approximate surface area is 112 Å². The van der Waals surface area contributed by atoms with Crippen molar-refractivity contribution < 1.29 is 0 Å². The van der Waals surface area contributed by atoms with Gasteiger partial charge in [-0.1, -0.05) is 42.0 Å². The molecule has 0 aliphatic rings. The first-order valence-electron chi connectivity index (χ1n) is 5.55. The third kappa shape index (κ3) is 2.83. The molecule has 2 aromatic rings. The lowest BCUT2D eigenvalue weighted by Gasteiger charge is -2.10. The van der Waals surface area contributed by atoms with E-state index >= 15 is 0 Å². The fourth-order valence-electron chi connectivity index (χ4n) is 1.90. The van der Waals surface area contributed by atoms with Crippen LogP contribution in [-0.2, 0) is 11.8 Å². The van der Waals surface area contributed by atoms with Crippen LogP contribution < -0.4 is 0 Å². The molecule has 0 aliphatic heterocycles. The molecule has 0 bridgehead atoms. The molecule has 0 radical (unpaired) electrons. The van der Waals surface area contributed by atoms with Gasteiger partial charge in [0, 0.05) is 11.8 Å². The van der Waals surface area contributed by atoms with Gasteiger partial charge in [0.15, 0.2) is 0 Å². The lowest BCUT2D eigenvalue weighted by atomic mass is 9.97. The van der Waals surface area contributed by atoms with E-state index < -0.39 is 0 Å². The lowest BCUT2D eigenvalue weighted by molar-refractivity contribution is 1.33. The Kier molecular flexibility index (Phi) is 4.09. The topological polar surface area (TPSA) is 0 Å². The highest BCUT2D eigenvalue weighted by Crippen LogP contribution is 2.27. The van der Waals surface area contributed by atoms with Crippen LogP contribution in [0.25, 0.3) is 11.1 Å². The predicted molar refractivity (Wildman–Crippen MR) is 75.7 cm³/mol. The summed E-state index contributed by atoms with van der Waals surface area (Å²) in [7, 11) is 0. The SMILES string of the molecule is Cc1cccc(-c2cc(CCl)ccc2CCl)c1. The van der Waals surface area contributed by atoms with Crippen LogP contribution in [0.5, 0.6) is 0 Å². The zero-order valence-electron chi connectivity index (χ0n) is 9.71. The molecular weight excluding hydrogens is 251 g/mol. The van der Waals surface area contributed by atoms with E-state index in [0.717, 1.165) is 11.1 Å². The van der Waals surface area contributed by atoms with Crippen LogP contribution in [0.4, 0.5) is 0 Å². The average molecular weight is 265 g/mol. The van der Waals surface area contributed by atoms with Gasteiger partial charge in [-0.05, 0) is 35.2 Å². The summed E-state index contributed by atoms with van der Waals surface area (Å²) in [5, 5.41) is 0. The monoisotopic (exact) mass is 264 g/mol. The smallest absolute Gasteiger partial charge is 0.0480 e. The second-order valence-electron chi connectivity index (χ2n) is 4.13. The van der Waals surface area contributed by atoms with Gasteiger partial charge in [0.1, 0.15) is 0 Å². The minimum absolute atomic E-state index is 0.520. The molecule has 0 nitrogen and oxygen atoms in total. The van der Waals surface area contributed by atoms with Gasteiger partial charge < -0.3 is 0 Å². The first-order chi connectivity index (χ1) is 8.24. The zero-order chi connectivity index (χ0) is 12.3. The first-order valence-corrected chi connectivity index (χ1v) is 6.62. The summed E-state index contributed by atoms with van der Waals surface area (Å²) >= 11 is 11.9. The summed E-state index contributed by atoms with van der Waals surface area (Å²) in [6.07, 6.45) is 0. The molecule has 0 saturated carbocycles. The molecule has 0 aliphatic carbocycles. The molecule has 0 amide bonds. The largest absolute Gasteiger partial charge is 0.122 e. The molecule has 0 aromatic heterocycles. The van der Waals surface area contributed by atoms with Crippen LogP contribution in [0.2, 0.25) is 0 Å². The average Bonchev–Trinajstić information content (AvgIpc) is 2.38. The van der Waals surface area contributed by atoms with E-state index in [4.69, 9.17) is 23.2 Å². The highest BCUT2D eigenvalue weighted by atomic mass is 35.5. The van der Waals surface area contributed by atoms with Crippen LogP contribution in [0, 0.1) is 6.92 Å². The Morgan fingerprint density at radius 1 is 0.941 bits per heavy atom. The molecule has 0 spiro atoms. The number of benzene rings is 2. The quantitative estimate of drug-likeness (QED) is 0.674. The summed E-state index contributed by atoms with van der Waals surface area (Å²) in [4.78, 5) is 0. The Balaban J connectivity index is 2.56. The van der Waals surface area contributed by atoms with E-state index in [0.29, 0.717) is 11.8 Å². The maximum Gasteiger partial charge on any atom is 0.0480 e. The van der Waals surface area contributed by atoms with Crippen molar-refractivity contribution in [3.63, 3.8) is 0 Å². The van der Waals surface area contributed by atoms with Crippen molar-refractivity contribution in [2.75, 3.05) is 0 Å². The number of rotatable bonds is 3. The standard InChI is InChI=1S/C15H14Cl2/c1-11-3-2-4-13(7-11)15-8-12(9-16)5-6-14(15)10-17/h2-8H,9-10H2,1H3. The number of alkyl halides is 2. The minimum Gasteiger partial charge on any atom is -0.122 e. The van der Waals surface area contributed by atoms with Gasteiger partial charge in [0.05, 0.1) is 0 Å². The number of hydrogen-bond donors (Lipinski definition) is 0.